The molecule has 0 fully saturated rings. The van der Waals surface area contributed by atoms with Crippen LogP contribution in [0.2, 0.25) is 0 Å². The molecule has 1 atom stereocenters. The van der Waals surface area contributed by atoms with Gasteiger partial charge in [0.05, 0.1) is 12.6 Å². The molecule has 0 aliphatic heterocycles. The largest absolute Gasteiger partial charge is 0.387 e. The van der Waals surface area contributed by atoms with Crippen LogP contribution in [0.4, 0.5) is 0 Å². The van der Waals surface area contributed by atoms with Crippen LogP contribution in [0.3, 0.4) is 0 Å². The van der Waals surface area contributed by atoms with Crippen LogP contribution in [0, 0.1) is 6.92 Å². The zero-order valence-corrected chi connectivity index (χ0v) is 9.71. The molecule has 1 heterocycles. The topological polar surface area (TPSA) is 42.2 Å². The smallest absolute Gasteiger partial charge is 0.253 e. The molecule has 17 heavy (non-hydrogen) atoms. The number of pyridine rings is 1. The van der Waals surface area contributed by atoms with Crippen LogP contribution in [0.25, 0.3) is 0 Å². The van der Waals surface area contributed by atoms with E-state index < -0.39 is 6.10 Å². The number of aliphatic hydroxyl groups excluding tert-OH is 1. The summed E-state index contributed by atoms with van der Waals surface area (Å²) in [5, 5.41) is 10.0. The molecular formula is C14H15NO2. The van der Waals surface area contributed by atoms with E-state index in [1.807, 2.05) is 36.4 Å². The molecule has 3 heteroatoms. The Morgan fingerprint density at radius 3 is 2.59 bits per heavy atom. The maximum absolute atomic E-state index is 11.8. The average molecular weight is 229 g/mol. The van der Waals surface area contributed by atoms with Gasteiger partial charge in [-0.1, -0.05) is 36.4 Å². The lowest BCUT2D eigenvalue weighted by atomic mass is 10.1. The minimum absolute atomic E-state index is 0.0533. The molecule has 0 saturated carbocycles. The number of aryl methyl sites for hydroxylation is 1. The van der Waals surface area contributed by atoms with Crippen molar-refractivity contribution in [1.29, 1.82) is 0 Å². The summed E-state index contributed by atoms with van der Waals surface area (Å²) >= 11 is 0. The molecule has 3 nitrogen and oxygen atoms in total. The first-order chi connectivity index (χ1) is 8.18. The third kappa shape index (κ3) is 2.63. The van der Waals surface area contributed by atoms with Gasteiger partial charge in [0.25, 0.3) is 5.56 Å². The summed E-state index contributed by atoms with van der Waals surface area (Å²) in [7, 11) is 0. The van der Waals surface area contributed by atoms with Crippen LogP contribution < -0.4 is 5.56 Å². The van der Waals surface area contributed by atoms with Crippen LogP contribution in [0.1, 0.15) is 17.2 Å². The zero-order valence-electron chi connectivity index (χ0n) is 9.71. The van der Waals surface area contributed by atoms with Gasteiger partial charge in [-0.25, -0.2) is 0 Å². The van der Waals surface area contributed by atoms with Crippen LogP contribution in [-0.2, 0) is 6.54 Å². The van der Waals surface area contributed by atoms with Crippen molar-refractivity contribution in [2.45, 2.75) is 19.6 Å². The number of rotatable bonds is 3. The van der Waals surface area contributed by atoms with Crippen molar-refractivity contribution in [2.24, 2.45) is 0 Å². The van der Waals surface area contributed by atoms with Gasteiger partial charge >= 0.3 is 0 Å². The van der Waals surface area contributed by atoms with Crippen molar-refractivity contribution in [1.82, 2.24) is 4.57 Å². The van der Waals surface area contributed by atoms with Gasteiger partial charge in [0.2, 0.25) is 0 Å². The highest BCUT2D eigenvalue weighted by atomic mass is 16.3. The number of benzene rings is 1. The van der Waals surface area contributed by atoms with Crippen LogP contribution in [-0.4, -0.2) is 9.67 Å². The Morgan fingerprint density at radius 1 is 1.18 bits per heavy atom. The first-order valence-corrected chi connectivity index (χ1v) is 5.57. The molecule has 1 N–H and O–H groups in total. The number of aliphatic hydroxyl groups is 1. The number of nitrogens with zero attached hydrogens (tertiary/aromatic N) is 1. The van der Waals surface area contributed by atoms with Gasteiger partial charge in [0.15, 0.2) is 0 Å². The summed E-state index contributed by atoms with van der Waals surface area (Å²) in [6.45, 7) is 2.05. The van der Waals surface area contributed by atoms with Crippen LogP contribution in [0.15, 0.2) is 53.5 Å². The van der Waals surface area contributed by atoms with Crippen molar-refractivity contribution in [3.05, 3.63) is 70.1 Å². The first kappa shape index (κ1) is 11.6. The van der Waals surface area contributed by atoms with Gasteiger partial charge in [-0.15, -0.1) is 0 Å². The molecule has 88 valence electrons. The van der Waals surface area contributed by atoms with E-state index in [-0.39, 0.29) is 12.1 Å². The second kappa shape index (κ2) is 4.97. The van der Waals surface area contributed by atoms with Gasteiger partial charge in [-0.05, 0) is 18.6 Å². The highest BCUT2D eigenvalue weighted by Gasteiger charge is 2.08. The van der Waals surface area contributed by atoms with Crippen molar-refractivity contribution in [2.75, 3.05) is 0 Å². The molecule has 0 aliphatic rings. The summed E-state index contributed by atoms with van der Waals surface area (Å²) in [5.74, 6) is 0. The molecule has 1 aromatic carbocycles. The number of hydrogen-bond acceptors (Lipinski definition) is 2. The fraction of sp³-hybridized carbons (Fsp3) is 0.214. The molecule has 2 aromatic rings. The fourth-order valence-electron chi connectivity index (χ4n) is 1.77. The summed E-state index contributed by atoms with van der Waals surface area (Å²) in [5.41, 5.74) is 1.45. The lowest BCUT2D eigenvalue weighted by Gasteiger charge is -2.13. The van der Waals surface area contributed by atoms with Crippen LogP contribution in [0.5, 0.6) is 0 Å². The van der Waals surface area contributed by atoms with E-state index in [1.54, 1.807) is 19.2 Å². The van der Waals surface area contributed by atoms with Crippen molar-refractivity contribution >= 4 is 0 Å². The van der Waals surface area contributed by atoms with E-state index >= 15 is 0 Å². The van der Waals surface area contributed by atoms with Gasteiger partial charge in [-0.2, -0.15) is 0 Å². The van der Waals surface area contributed by atoms with E-state index in [4.69, 9.17) is 0 Å². The highest BCUT2D eigenvalue weighted by Crippen LogP contribution is 2.13. The minimum Gasteiger partial charge on any atom is -0.387 e. The van der Waals surface area contributed by atoms with E-state index in [2.05, 4.69) is 0 Å². The van der Waals surface area contributed by atoms with Gasteiger partial charge in [0, 0.05) is 11.8 Å². The van der Waals surface area contributed by atoms with Gasteiger partial charge in [-0.3, -0.25) is 4.79 Å². The lowest BCUT2D eigenvalue weighted by Crippen LogP contribution is -2.24. The fourth-order valence-corrected chi connectivity index (χ4v) is 1.77. The Kier molecular flexibility index (Phi) is 3.40. The average Bonchev–Trinajstić information content (AvgIpc) is 2.36. The molecular weight excluding hydrogens is 214 g/mol. The minimum atomic E-state index is -0.657. The Hall–Kier alpha value is -1.87. The second-order valence-electron chi connectivity index (χ2n) is 4.08. The van der Waals surface area contributed by atoms with Crippen molar-refractivity contribution < 1.29 is 5.11 Å². The van der Waals surface area contributed by atoms with Gasteiger partial charge < -0.3 is 9.67 Å². The maximum Gasteiger partial charge on any atom is 0.253 e. The molecule has 0 radical (unpaired) electrons. The van der Waals surface area contributed by atoms with Crippen molar-refractivity contribution in [3.63, 3.8) is 0 Å². The molecule has 1 unspecified atom stereocenters. The normalized spacial score (nSPS) is 12.4. The molecule has 0 amide bonds. The van der Waals surface area contributed by atoms with E-state index in [1.165, 1.54) is 4.57 Å². The van der Waals surface area contributed by atoms with Crippen LogP contribution >= 0.6 is 0 Å². The maximum atomic E-state index is 11.8. The van der Waals surface area contributed by atoms with E-state index in [0.717, 1.165) is 5.56 Å². The standard InChI is InChI=1S/C14H15NO2/c1-11-6-5-9-15(14(11)17)10-13(16)12-7-3-2-4-8-12/h2-9,13,16H,10H2,1H3. The molecule has 0 saturated heterocycles. The Morgan fingerprint density at radius 2 is 1.88 bits per heavy atom. The molecule has 0 bridgehead atoms. The highest BCUT2D eigenvalue weighted by molar-refractivity contribution is 5.17. The third-order valence-corrected chi connectivity index (χ3v) is 2.76. The predicted molar refractivity (Wildman–Crippen MR) is 66.8 cm³/mol. The molecule has 1 aromatic heterocycles. The van der Waals surface area contributed by atoms with E-state index in [9.17, 15) is 9.90 Å². The van der Waals surface area contributed by atoms with Gasteiger partial charge in [0.1, 0.15) is 0 Å². The molecule has 2 rings (SSSR count). The summed E-state index contributed by atoms with van der Waals surface area (Å²) in [6.07, 6.45) is 1.04. The summed E-state index contributed by atoms with van der Waals surface area (Å²) in [6, 6.07) is 12.9. The predicted octanol–water partition coefficient (Wildman–Crippen LogP) is 1.89. The summed E-state index contributed by atoms with van der Waals surface area (Å²) in [4.78, 5) is 11.8. The third-order valence-electron chi connectivity index (χ3n) is 2.76. The Labute approximate surface area is 100.0 Å². The summed E-state index contributed by atoms with van der Waals surface area (Å²) < 4.78 is 1.53. The zero-order chi connectivity index (χ0) is 12.3. The second-order valence-corrected chi connectivity index (χ2v) is 4.08. The lowest BCUT2D eigenvalue weighted by molar-refractivity contribution is 0.155. The van der Waals surface area contributed by atoms with Crippen molar-refractivity contribution in [3.8, 4) is 0 Å². The Balaban J connectivity index is 2.22. The quantitative estimate of drug-likeness (QED) is 0.873. The first-order valence-electron chi connectivity index (χ1n) is 5.57. The number of aromatic nitrogens is 1. The molecule has 0 aliphatic carbocycles. The van der Waals surface area contributed by atoms with E-state index in [0.29, 0.717) is 5.56 Å². The molecule has 0 spiro atoms. The monoisotopic (exact) mass is 229 g/mol. The Bertz CT molecular complexity index is 546. The SMILES string of the molecule is Cc1cccn(CC(O)c2ccccc2)c1=O. The number of hydrogen-bond donors (Lipinski definition) is 1.